The van der Waals surface area contributed by atoms with E-state index in [0.29, 0.717) is 24.9 Å². The van der Waals surface area contributed by atoms with E-state index in [9.17, 15) is 22.4 Å². The first kappa shape index (κ1) is 24.2. The number of hydrogen-bond acceptors (Lipinski definition) is 6. The Morgan fingerprint density at radius 2 is 1.78 bits per heavy atom. The molecule has 2 aromatic heterocycles. The van der Waals surface area contributed by atoms with Gasteiger partial charge < -0.3 is 20.9 Å². The first-order chi connectivity index (χ1) is 17.6. The van der Waals surface area contributed by atoms with E-state index in [1.54, 1.807) is 0 Å². The molecule has 37 heavy (non-hydrogen) atoms. The largest absolute Gasteiger partial charge is 0.465 e. The Bertz CT molecular complexity index is 1520. The van der Waals surface area contributed by atoms with Gasteiger partial charge in [-0.05, 0) is 31.4 Å². The third-order valence-electron chi connectivity index (χ3n) is 6.08. The lowest BCUT2D eigenvalue weighted by atomic mass is 10.1. The lowest BCUT2D eigenvalue weighted by molar-refractivity contribution is 0.189. The predicted molar refractivity (Wildman–Crippen MR) is 119 cm³/mol. The monoisotopic (exact) mass is 520 g/mol. The van der Waals surface area contributed by atoms with Crippen molar-refractivity contribution in [3.63, 3.8) is 0 Å². The van der Waals surface area contributed by atoms with Gasteiger partial charge in [-0.1, -0.05) is 0 Å². The van der Waals surface area contributed by atoms with Crippen LogP contribution in [0.25, 0.3) is 22.3 Å². The summed E-state index contributed by atoms with van der Waals surface area (Å²) in [5, 5.41) is 16.2. The van der Waals surface area contributed by atoms with Crippen LogP contribution < -0.4 is 15.8 Å². The third-order valence-corrected chi connectivity index (χ3v) is 6.08. The fourth-order valence-electron chi connectivity index (χ4n) is 4.43. The van der Waals surface area contributed by atoms with Gasteiger partial charge in [0.05, 0.1) is 11.4 Å². The molecule has 0 saturated heterocycles. The number of carboxylic acid groups (broad SMARTS) is 1. The van der Waals surface area contributed by atoms with Crippen molar-refractivity contribution in [1.82, 2.24) is 25.1 Å². The molecule has 2 atom stereocenters. The molecule has 2 aromatic carbocycles. The van der Waals surface area contributed by atoms with Crippen molar-refractivity contribution in [1.29, 1.82) is 0 Å². The quantitative estimate of drug-likeness (QED) is 0.252. The highest BCUT2D eigenvalue weighted by atomic mass is 19.2. The van der Waals surface area contributed by atoms with E-state index in [2.05, 4.69) is 20.4 Å². The van der Waals surface area contributed by atoms with Crippen molar-refractivity contribution in [3.05, 3.63) is 59.7 Å². The molecule has 1 saturated carbocycles. The molecule has 0 radical (unpaired) electrons. The molecule has 0 unspecified atom stereocenters. The smallest absolute Gasteiger partial charge is 0.404 e. The number of aromatic nitrogens is 4. The summed E-state index contributed by atoms with van der Waals surface area (Å²) in [6.45, 7) is 0. The molecule has 0 spiro atoms. The summed E-state index contributed by atoms with van der Waals surface area (Å²) in [7, 11) is 0. The average molecular weight is 520 g/mol. The molecule has 1 aliphatic rings. The van der Waals surface area contributed by atoms with E-state index in [1.807, 2.05) is 0 Å². The summed E-state index contributed by atoms with van der Waals surface area (Å²) in [4.78, 5) is 19.2. The second-order valence-electron chi connectivity index (χ2n) is 8.40. The van der Waals surface area contributed by atoms with E-state index in [4.69, 9.17) is 15.6 Å². The maximum atomic E-state index is 15.2. The van der Waals surface area contributed by atoms with Gasteiger partial charge in [-0.25, -0.2) is 32.6 Å². The van der Waals surface area contributed by atoms with Crippen LogP contribution in [0.3, 0.4) is 0 Å². The summed E-state index contributed by atoms with van der Waals surface area (Å²) < 4.78 is 76.6. The van der Waals surface area contributed by atoms with Crippen molar-refractivity contribution in [3.8, 4) is 22.8 Å². The summed E-state index contributed by atoms with van der Waals surface area (Å²) >= 11 is 0. The van der Waals surface area contributed by atoms with Crippen LogP contribution in [0, 0.1) is 29.1 Å². The lowest BCUT2D eigenvalue weighted by Gasteiger charge is -2.12. The number of hydrogen-bond donors (Lipinski definition) is 3. The highest BCUT2D eigenvalue weighted by Gasteiger charge is 2.31. The summed E-state index contributed by atoms with van der Waals surface area (Å²) in [5.74, 6) is -9.61. The van der Waals surface area contributed by atoms with Crippen LogP contribution in [0.2, 0.25) is 0 Å². The van der Waals surface area contributed by atoms with Crippen molar-refractivity contribution in [2.45, 2.75) is 31.3 Å². The number of amides is 1. The Balaban J connectivity index is 1.52. The number of nitrogens with zero attached hydrogens (tertiary/aromatic N) is 4. The second kappa shape index (κ2) is 9.19. The van der Waals surface area contributed by atoms with Crippen molar-refractivity contribution in [2.24, 2.45) is 0 Å². The van der Waals surface area contributed by atoms with Gasteiger partial charge in [0.15, 0.2) is 17.3 Å². The molecule has 1 aliphatic carbocycles. The number of nitrogen functional groups attached to an aromatic ring is 1. The Morgan fingerprint density at radius 1 is 1.05 bits per heavy atom. The molecule has 0 bridgehead atoms. The molecule has 9 nitrogen and oxygen atoms in total. The minimum absolute atomic E-state index is 0.0172. The minimum Gasteiger partial charge on any atom is -0.465 e. The van der Waals surface area contributed by atoms with Crippen LogP contribution in [0.1, 0.15) is 25.3 Å². The molecule has 1 fully saturated rings. The van der Waals surface area contributed by atoms with E-state index < -0.39 is 46.7 Å². The zero-order valence-electron chi connectivity index (χ0n) is 18.7. The number of anilines is 1. The molecule has 4 N–H and O–H groups in total. The zero-order valence-corrected chi connectivity index (χ0v) is 18.7. The van der Waals surface area contributed by atoms with E-state index in [0.717, 1.165) is 12.1 Å². The van der Waals surface area contributed by atoms with Crippen LogP contribution in [0.4, 0.5) is 32.6 Å². The maximum absolute atomic E-state index is 15.2. The molecule has 192 valence electrons. The predicted octanol–water partition coefficient (Wildman–Crippen LogP) is 4.92. The fraction of sp³-hybridized carbons (Fsp3) is 0.217. The van der Waals surface area contributed by atoms with Gasteiger partial charge >= 0.3 is 6.09 Å². The SMILES string of the molecule is Nc1ncnc2c1c(-c1ccc(Oc3c(F)c(F)cc(F)c3F)cc1F)nn2[C@H]1CC[C@H](NC(=O)O)C1. The number of ether oxygens (including phenoxy) is 1. The Labute approximate surface area is 204 Å². The van der Waals surface area contributed by atoms with Crippen molar-refractivity contribution >= 4 is 22.9 Å². The van der Waals surface area contributed by atoms with Crippen molar-refractivity contribution in [2.75, 3.05) is 5.73 Å². The number of nitrogens with two attached hydrogens (primary N) is 1. The number of carbonyl (C=O) groups is 1. The van der Waals surface area contributed by atoms with E-state index in [-0.39, 0.29) is 40.6 Å². The number of halogens is 5. The van der Waals surface area contributed by atoms with Crippen LogP contribution >= 0.6 is 0 Å². The maximum Gasteiger partial charge on any atom is 0.404 e. The highest BCUT2D eigenvalue weighted by molar-refractivity contribution is 5.98. The van der Waals surface area contributed by atoms with Crippen LogP contribution in [0.5, 0.6) is 11.5 Å². The molecule has 1 amide bonds. The summed E-state index contributed by atoms with van der Waals surface area (Å²) in [5.41, 5.74) is 6.34. The standard InChI is InChI=1S/C23H17F5N6O3/c24-13-6-11(37-20-17(27)14(25)7-15(26)18(20)28)3-4-12(13)19-16-21(29)30-8-31-22(16)34(33-19)10-2-1-9(5-10)32-23(35)36/h3-4,6-10,32H,1-2,5H2,(H,35,36)(H2,29,30,31)/t9-,10-/m0/s1. The average Bonchev–Trinajstić information content (AvgIpc) is 3.45. The number of rotatable bonds is 5. The van der Waals surface area contributed by atoms with Gasteiger partial charge in [-0.15, -0.1) is 0 Å². The normalized spacial score (nSPS) is 17.3. The molecule has 0 aliphatic heterocycles. The fourth-order valence-corrected chi connectivity index (χ4v) is 4.43. The number of nitrogens with one attached hydrogen (secondary N) is 1. The molecule has 2 heterocycles. The summed E-state index contributed by atoms with van der Waals surface area (Å²) in [6.07, 6.45) is 1.62. The molecular weight excluding hydrogens is 503 g/mol. The number of fused-ring (bicyclic) bond motifs is 1. The van der Waals surface area contributed by atoms with Gasteiger partial charge in [-0.3, -0.25) is 0 Å². The Morgan fingerprint density at radius 3 is 2.46 bits per heavy atom. The van der Waals surface area contributed by atoms with Gasteiger partial charge in [-0.2, -0.15) is 13.9 Å². The first-order valence-corrected chi connectivity index (χ1v) is 10.9. The van der Waals surface area contributed by atoms with Crippen LogP contribution in [0.15, 0.2) is 30.6 Å². The Kier molecular flexibility index (Phi) is 6.01. The summed E-state index contributed by atoms with van der Waals surface area (Å²) in [6, 6.07) is 2.56. The van der Waals surface area contributed by atoms with Gasteiger partial charge in [0.2, 0.25) is 17.4 Å². The lowest BCUT2D eigenvalue weighted by Crippen LogP contribution is -2.31. The van der Waals surface area contributed by atoms with Gasteiger partial charge in [0.1, 0.15) is 29.4 Å². The Hall–Kier alpha value is -4.49. The molecule has 14 heteroatoms. The molecular formula is C23H17F5N6O3. The minimum atomic E-state index is -1.77. The third kappa shape index (κ3) is 4.34. The molecule has 4 aromatic rings. The zero-order chi connectivity index (χ0) is 26.4. The van der Waals surface area contributed by atoms with Gasteiger partial charge in [0, 0.05) is 23.7 Å². The molecule has 5 rings (SSSR count). The van der Waals surface area contributed by atoms with Crippen LogP contribution in [-0.4, -0.2) is 37.0 Å². The van der Waals surface area contributed by atoms with E-state index in [1.165, 1.54) is 17.1 Å². The van der Waals surface area contributed by atoms with E-state index >= 15 is 4.39 Å². The van der Waals surface area contributed by atoms with Crippen LogP contribution in [-0.2, 0) is 0 Å². The number of benzene rings is 2. The highest BCUT2D eigenvalue weighted by Crippen LogP contribution is 2.39. The first-order valence-electron chi connectivity index (χ1n) is 10.9. The van der Waals surface area contributed by atoms with Gasteiger partial charge in [0.25, 0.3) is 0 Å². The topological polar surface area (TPSA) is 128 Å². The second-order valence-corrected chi connectivity index (χ2v) is 8.40. The van der Waals surface area contributed by atoms with Crippen molar-refractivity contribution < 1.29 is 36.6 Å².